The molecule has 2 atom stereocenters. The van der Waals surface area contributed by atoms with Crippen LogP contribution < -0.4 is 10.4 Å². The second-order valence-corrected chi connectivity index (χ2v) is 8.92. The Morgan fingerprint density at radius 1 is 1.31 bits per heavy atom. The first-order valence-corrected chi connectivity index (χ1v) is 10.0. The lowest BCUT2D eigenvalue weighted by Crippen LogP contribution is -2.41. The van der Waals surface area contributed by atoms with Gasteiger partial charge in [0.2, 0.25) is 5.95 Å². The van der Waals surface area contributed by atoms with Crippen LogP contribution in [0.1, 0.15) is 34.1 Å². The van der Waals surface area contributed by atoms with Crippen LogP contribution in [0.15, 0.2) is 12.4 Å². The molecule has 3 rings (SSSR count). The summed E-state index contributed by atoms with van der Waals surface area (Å²) in [6.45, 7) is 9.28. The van der Waals surface area contributed by atoms with Crippen molar-refractivity contribution in [1.82, 2.24) is 14.9 Å². The normalized spacial score (nSPS) is 24.0. The molecule has 3 heterocycles. The van der Waals surface area contributed by atoms with Gasteiger partial charge in [0.15, 0.2) is 6.10 Å². The van der Waals surface area contributed by atoms with Crippen molar-refractivity contribution in [2.75, 3.05) is 38.2 Å². The van der Waals surface area contributed by atoms with E-state index in [1.54, 1.807) is 17.3 Å². The third-order valence-corrected chi connectivity index (χ3v) is 6.11. The van der Waals surface area contributed by atoms with E-state index < -0.39 is 36.9 Å². The van der Waals surface area contributed by atoms with Gasteiger partial charge in [-0.1, -0.05) is 0 Å². The summed E-state index contributed by atoms with van der Waals surface area (Å²) in [5.41, 5.74) is -0.0539. The molecule has 1 amide bonds. The average molecular weight is 406 g/mol. The number of likely N-dealkylation sites (tertiary alicyclic amines) is 1. The van der Waals surface area contributed by atoms with Crippen LogP contribution in [-0.4, -0.2) is 88.7 Å². The highest BCUT2D eigenvalue weighted by Crippen LogP contribution is 2.36. The first-order chi connectivity index (χ1) is 13.5. The molecule has 0 radical (unpaired) electrons. The summed E-state index contributed by atoms with van der Waals surface area (Å²) >= 11 is 0. The van der Waals surface area contributed by atoms with E-state index in [9.17, 15) is 9.90 Å². The molecule has 2 saturated heterocycles. The van der Waals surface area contributed by atoms with Gasteiger partial charge in [0.1, 0.15) is 0 Å². The third kappa shape index (κ3) is 4.55. The van der Waals surface area contributed by atoms with Gasteiger partial charge in [0, 0.05) is 44.5 Å². The molecular formula is C19H31BN4O5. The van der Waals surface area contributed by atoms with E-state index in [2.05, 4.69) is 9.97 Å². The number of amides is 1. The molecule has 2 fully saturated rings. The highest BCUT2D eigenvalue weighted by Gasteiger charge is 2.52. The largest absolute Gasteiger partial charge is 0.498 e. The minimum Gasteiger partial charge on any atom is -0.399 e. The molecule has 0 unspecified atom stereocenters. The van der Waals surface area contributed by atoms with Crippen molar-refractivity contribution in [3.63, 3.8) is 0 Å². The maximum Gasteiger partial charge on any atom is 0.498 e. The van der Waals surface area contributed by atoms with Crippen LogP contribution in [0, 0.1) is 5.92 Å². The minimum absolute atomic E-state index is 0.251. The molecule has 1 aromatic heterocycles. The van der Waals surface area contributed by atoms with Crippen molar-refractivity contribution in [1.29, 1.82) is 0 Å². The predicted molar refractivity (Wildman–Crippen MR) is 109 cm³/mol. The average Bonchev–Trinajstić information content (AvgIpc) is 3.22. The summed E-state index contributed by atoms with van der Waals surface area (Å²) in [6, 6.07) is 0. The Morgan fingerprint density at radius 2 is 1.90 bits per heavy atom. The molecular weight excluding hydrogens is 375 g/mol. The van der Waals surface area contributed by atoms with E-state index in [-0.39, 0.29) is 5.92 Å². The Labute approximate surface area is 172 Å². The van der Waals surface area contributed by atoms with E-state index in [0.717, 1.165) is 11.9 Å². The molecule has 2 aliphatic heterocycles. The fourth-order valence-electron chi connectivity index (χ4n) is 3.57. The van der Waals surface area contributed by atoms with Gasteiger partial charge in [-0.15, -0.1) is 0 Å². The van der Waals surface area contributed by atoms with Gasteiger partial charge in [-0.05, 0) is 40.0 Å². The molecule has 9 nitrogen and oxygen atoms in total. The standard InChI is InChI=1S/C19H31BN4O5/c1-18(2)19(3,4)29-20(28-18)14-8-21-17(22-9-14)23(5)10-13-6-7-24(11-13)16(27)15(26)12-25/h8-9,13,15,25-26H,6-7,10-12H2,1-5H3/t13-,15+/m1/s1. The van der Waals surface area contributed by atoms with Gasteiger partial charge in [-0.25, -0.2) is 9.97 Å². The number of hydrogen-bond acceptors (Lipinski definition) is 8. The number of nitrogens with zero attached hydrogens (tertiary/aromatic N) is 4. The fraction of sp³-hybridized carbons (Fsp3) is 0.737. The lowest BCUT2D eigenvalue weighted by Gasteiger charge is -2.32. The number of rotatable bonds is 6. The van der Waals surface area contributed by atoms with Gasteiger partial charge >= 0.3 is 7.12 Å². The second kappa shape index (κ2) is 8.18. The van der Waals surface area contributed by atoms with Crippen LogP contribution in [0.4, 0.5) is 5.95 Å². The van der Waals surface area contributed by atoms with E-state index >= 15 is 0 Å². The topological polar surface area (TPSA) is 108 Å². The number of aliphatic hydroxyl groups is 2. The van der Waals surface area contributed by atoms with E-state index in [1.807, 2.05) is 39.6 Å². The minimum atomic E-state index is -1.34. The summed E-state index contributed by atoms with van der Waals surface area (Å²) in [4.78, 5) is 24.5. The number of aromatic nitrogens is 2. The van der Waals surface area contributed by atoms with E-state index in [0.29, 0.717) is 25.6 Å². The molecule has 160 valence electrons. The zero-order chi connectivity index (χ0) is 21.4. The van der Waals surface area contributed by atoms with Crippen molar-refractivity contribution < 1.29 is 24.3 Å². The highest BCUT2D eigenvalue weighted by molar-refractivity contribution is 6.61. The summed E-state index contributed by atoms with van der Waals surface area (Å²) in [5, 5.41) is 18.5. The summed E-state index contributed by atoms with van der Waals surface area (Å²) in [7, 11) is 1.42. The molecule has 0 saturated carbocycles. The summed E-state index contributed by atoms with van der Waals surface area (Å²) in [6.07, 6.45) is 2.95. The molecule has 0 aliphatic carbocycles. The molecule has 0 spiro atoms. The molecule has 0 bridgehead atoms. The smallest absolute Gasteiger partial charge is 0.399 e. The van der Waals surface area contributed by atoms with Gasteiger partial charge < -0.3 is 29.3 Å². The molecule has 0 aromatic carbocycles. The Bertz CT molecular complexity index is 714. The van der Waals surface area contributed by atoms with Gasteiger partial charge in [0.25, 0.3) is 5.91 Å². The molecule has 10 heteroatoms. The highest BCUT2D eigenvalue weighted by atomic mass is 16.7. The number of hydrogen-bond donors (Lipinski definition) is 2. The lowest BCUT2D eigenvalue weighted by molar-refractivity contribution is -0.141. The monoisotopic (exact) mass is 406 g/mol. The first-order valence-electron chi connectivity index (χ1n) is 10.0. The Hall–Kier alpha value is -1.75. The maximum absolute atomic E-state index is 12.0. The Balaban J connectivity index is 1.56. The zero-order valence-electron chi connectivity index (χ0n) is 17.8. The van der Waals surface area contributed by atoms with E-state index in [4.69, 9.17) is 14.4 Å². The third-order valence-electron chi connectivity index (χ3n) is 6.11. The van der Waals surface area contributed by atoms with Gasteiger partial charge in [-0.3, -0.25) is 4.79 Å². The van der Waals surface area contributed by atoms with Crippen LogP contribution >= 0.6 is 0 Å². The lowest BCUT2D eigenvalue weighted by atomic mass is 9.81. The van der Waals surface area contributed by atoms with Crippen LogP contribution in [0.2, 0.25) is 0 Å². The Morgan fingerprint density at radius 3 is 2.45 bits per heavy atom. The quantitative estimate of drug-likeness (QED) is 0.604. The van der Waals surface area contributed by atoms with Crippen LogP contribution in [0.25, 0.3) is 0 Å². The first kappa shape index (κ1) is 22.0. The van der Waals surface area contributed by atoms with Crippen LogP contribution in [0.5, 0.6) is 0 Å². The number of carbonyl (C=O) groups is 1. The summed E-state index contributed by atoms with van der Waals surface area (Å²) < 4.78 is 12.1. The fourth-order valence-corrected chi connectivity index (χ4v) is 3.57. The SMILES string of the molecule is CN(C[C@H]1CCN(C(=O)[C@@H](O)CO)C1)c1ncc(B2OC(C)(C)C(C)(C)O2)cn1. The summed E-state index contributed by atoms with van der Waals surface area (Å²) in [5.74, 6) is 0.423. The molecule has 1 aromatic rings. The second-order valence-electron chi connectivity index (χ2n) is 8.92. The predicted octanol–water partition coefficient (Wildman–Crippen LogP) is -0.586. The maximum atomic E-state index is 12.0. The number of anilines is 1. The van der Waals surface area contributed by atoms with Gasteiger partial charge in [0.05, 0.1) is 17.8 Å². The Kier molecular flexibility index (Phi) is 6.19. The van der Waals surface area contributed by atoms with Gasteiger partial charge in [-0.2, -0.15) is 0 Å². The molecule has 2 N–H and O–H groups in total. The zero-order valence-corrected chi connectivity index (χ0v) is 17.8. The molecule has 2 aliphatic rings. The van der Waals surface area contributed by atoms with Crippen LogP contribution in [-0.2, 0) is 14.1 Å². The van der Waals surface area contributed by atoms with Crippen LogP contribution in [0.3, 0.4) is 0 Å². The number of aliphatic hydroxyl groups excluding tert-OH is 2. The molecule has 29 heavy (non-hydrogen) atoms. The van der Waals surface area contributed by atoms with Crippen molar-refractivity contribution in [2.45, 2.75) is 51.4 Å². The number of carbonyl (C=O) groups excluding carboxylic acids is 1. The van der Waals surface area contributed by atoms with Crippen molar-refractivity contribution in [2.24, 2.45) is 5.92 Å². The van der Waals surface area contributed by atoms with Crippen molar-refractivity contribution in [3.05, 3.63) is 12.4 Å². The van der Waals surface area contributed by atoms with Crippen molar-refractivity contribution >= 4 is 24.4 Å². The van der Waals surface area contributed by atoms with E-state index in [1.165, 1.54) is 0 Å². The van der Waals surface area contributed by atoms with Crippen molar-refractivity contribution in [3.8, 4) is 0 Å².